The molecule has 0 aliphatic carbocycles. The zero-order chi connectivity index (χ0) is 20.1. The Morgan fingerprint density at radius 2 is 2.14 bits per heavy atom. The van der Waals surface area contributed by atoms with Crippen LogP contribution in [0.15, 0.2) is 62.7 Å². The predicted octanol–water partition coefficient (Wildman–Crippen LogP) is 3.93. The zero-order valence-electron chi connectivity index (χ0n) is 14.8. The highest BCUT2D eigenvalue weighted by molar-refractivity contribution is 9.10. The number of aromatic nitrogens is 2. The summed E-state index contributed by atoms with van der Waals surface area (Å²) in [5.74, 6) is -0.123. The minimum atomic E-state index is -0.422. The number of phenols is 1. The number of ether oxygens (including phenoxy) is 1. The average Bonchev–Trinajstić information content (AvgIpc) is 3.13. The number of aromatic hydroxyl groups is 1. The molecular formula is C19H16Br2N4O3. The molecule has 0 radical (unpaired) electrons. The molecule has 7 nitrogen and oxygen atoms in total. The van der Waals surface area contributed by atoms with Crippen LogP contribution in [0.3, 0.4) is 0 Å². The van der Waals surface area contributed by atoms with Crippen molar-refractivity contribution < 1.29 is 14.6 Å². The van der Waals surface area contributed by atoms with Crippen molar-refractivity contribution in [3.63, 3.8) is 0 Å². The van der Waals surface area contributed by atoms with Crippen LogP contribution in [-0.2, 0) is 6.54 Å². The van der Waals surface area contributed by atoms with Gasteiger partial charge in [0.1, 0.15) is 0 Å². The molecule has 1 amide bonds. The lowest BCUT2D eigenvalue weighted by molar-refractivity contribution is 0.0949. The van der Waals surface area contributed by atoms with Crippen molar-refractivity contribution >= 4 is 44.0 Å². The highest BCUT2D eigenvalue weighted by Crippen LogP contribution is 2.34. The highest BCUT2D eigenvalue weighted by atomic mass is 79.9. The maximum Gasteiger partial charge on any atom is 0.291 e. The third-order valence-electron chi connectivity index (χ3n) is 3.76. The Morgan fingerprint density at radius 1 is 1.32 bits per heavy atom. The minimum absolute atomic E-state index is 0.000305. The van der Waals surface area contributed by atoms with Crippen LogP contribution in [0.1, 0.15) is 21.6 Å². The van der Waals surface area contributed by atoms with Gasteiger partial charge in [0.25, 0.3) is 5.91 Å². The Hall–Kier alpha value is -2.65. The standard InChI is InChI=1S/C19H16Br2N4O3/c1-28-17-9-13(8-15(21)18(17)26)10-22-23-19(27)16-5-6-25(24-16)11-12-3-2-4-14(20)7-12/h2-10,26H,11H2,1H3,(H,23,27)/b22-10+. The Labute approximate surface area is 178 Å². The second-order valence-corrected chi connectivity index (χ2v) is 7.55. The Kier molecular flexibility index (Phi) is 6.48. The molecule has 0 saturated heterocycles. The number of halogens is 2. The fourth-order valence-electron chi connectivity index (χ4n) is 2.44. The molecule has 0 aliphatic rings. The van der Waals surface area contributed by atoms with E-state index < -0.39 is 5.91 Å². The summed E-state index contributed by atoms with van der Waals surface area (Å²) in [6.45, 7) is 0.553. The summed E-state index contributed by atoms with van der Waals surface area (Å²) in [5, 5.41) is 18.0. The molecule has 2 aromatic carbocycles. The summed E-state index contributed by atoms with van der Waals surface area (Å²) < 4.78 is 8.21. The molecule has 1 heterocycles. The second kappa shape index (κ2) is 9.03. The number of phenolic OH excluding ortho intramolecular Hbond substituents is 1. The van der Waals surface area contributed by atoms with Gasteiger partial charge in [-0.2, -0.15) is 10.2 Å². The first-order chi connectivity index (χ1) is 13.5. The number of hydrogen-bond acceptors (Lipinski definition) is 5. The molecule has 1 aromatic heterocycles. The van der Waals surface area contributed by atoms with Crippen molar-refractivity contribution in [1.82, 2.24) is 15.2 Å². The Balaban J connectivity index is 1.63. The quantitative estimate of drug-likeness (QED) is 0.390. The Bertz CT molecular complexity index is 1030. The van der Waals surface area contributed by atoms with Gasteiger partial charge in [-0.05, 0) is 57.4 Å². The number of carbonyl (C=O) groups is 1. The van der Waals surface area contributed by atoms with Gasteiger partial charge in [-0.1, -0.05) is 28.1 Å². The molecule has 0 fully saturated rings. The zero-order valence-corrected chi connectivity index (χ0v) is 17.9. The molecule has 2 N–H and O–H groups in total. The molecule has 0 bridgehead atoms. The van der Waals surface area contributed by atoms with E-state index in [0.29, 0.717) is 22.3 Å². The van der Waals surface area contributed by atoms with E-state index in [9.17, 15) is 9.90 Å². The molecule has 144 valence electrons. The summed E-state index contributed by atoms with van der Waals surface area (Å²) in [7, 11) is 1.45. The summed E-state index contributed by atoms with van der Waals surface area (Å²) in [4.78, 5) is 12.2. The van der Waals surface area contributed by atoms with Crippen LogP contribution in [-0.4, -0.2) is 34.1 Å². The van der Waals surface area contributed by atoms with E-state index >= 15 is 0 Å². The summed E-state index contributed by atoms with van der Waals surface area (Å²) in [6.07, 6.45) is 3.19. The average molecular weight is 508 g/mol. The molecule has 0 saturated carbocycles. The fourth-order valence-corrected chi connectivity index (χ4v) is 3.35. The summed E-state index contributed by atoms with van der Waals surface area (Å²) in [6, 6.07) is 12.8. The lowest BCUT2D eigenvalue weighted by atomic mass is 10.2. The molecule has 28 heavy (non-hydrogen) atoms. The first-order valence-corrected chi connectivity index (χ1v) is 9.72. The summed E-state index contributed by atoms with van der Waals surface area (Å²) >= 11 is 6.67. The van der Waals surface area contributed by atoms with E-state index in [0.717, 1.165) is 10.0 Å². The van der Waals surface area contributed by atoms with Gasteiger partial charge in [0.2, 0.25) is 0 Å². The van der Waals surface area contributed by atoms with Gasteiger partial charge < -0.3 is 9.84 Å². The third kappa shape index (κ3) is 4.99. The monoisotopic (exact) mass is 506 g/mol. The molecule has 9 heteroatoms. The van der Waals surface area contributed by atoms with E-state index in [1.54, 1.807) is 29.1 Å². The smallest absolute Gasteiger partial charge is 0.291 e. The van der Waals surface area contributed by atoms with Crippen LogP contribution in [0.25, 0.3) is 0 Å². The lowest BCUT2D eigenvalue weighted by Crippen LogP contribution is -2.18. The van der Waals surface area contributed by atoms with Crippen LogP contribution >= 0.6 is 31.9 Å². The van der Waals surface area contributed by atoms with Crippen LogP contribution < -0.4 is 10.2 Å². The number of amides is 1. The molecular weight excluding hydrogens is 492 g/mol. The van der Waals surface area contributed by atoms with Gasteiger partial charge in [0.05, 0.1) is 24.3 Å². The number of nitrogens with zero attached hydrogens (tertiary/aromatic N) is 3. The van der Waals surface area contributed by atoms with Crippen LogP contribution in [0.2, 0.25) is 0 Å². The van der Waals surface area contributed by atoms with Crippen LogP contribution in [0, 0.1) is 0 Å². The number of hydrogen-bond donors (Lipinski definition) is 2. The second-order valence-electron chi connectivity index (χ2n) is 5.78. The normalized spacial score (nSPS) is 11.0. The highest BCUT2D eigenvalue weighted by Gasteiger charge is 2.10. The predicted molar refractivity (Wildman–Crippen MR) is 113 cm³/mol. The molecule has 3 rings (SSSR count). The maximum atomic E-state index is 12.2. The van der Waals surface area contributed by atoms with Gasteiger partial charge >= 0.3 is 0 Å². The maximum absolute atomic E-state index is 12.2. The van der Waals surface area contributed by atoms with Crippen molar-refractivity contribution in [2.75, 3.05) is 7.11 Å². The van der Waals surface area contributed by atoms with Gasteiger partial charge in [0, 0.05) is 10.7 Å². The molecule has 0 atom stereocenters. The number of benzene rings is 2. The lowest BCUT2D eigenvalue weighted by Gasteiger charge is -2.06. The number of rotatable bonds is 6. The first kappa shape index (κ1) is 20.1. The topological polar surface area (TPSA) is 88.7 Å². The van der Waals surface area contributed by atoms with Gasteiger partial charge in [-0.25, -0.2) is 5.43 Å². The number of methoxy groups -OCH3 is 1. The van der Waals surface area contributed by atoms with Crippen molar-refractivity contribution in [3.05, 3.63) is 74.4 Å². The van der Waals surface area contributed by atoms with E-state index in [1.807, 2.05) is 24.3 Å². The molecule has 0 spiro atoms. The van der Waals surface area contributed by atoms with E-state index in [2.05, 4.69) is 47.5 Å². The Morgan fingerprint density at radius 3 is 2.89 bits per heavy atom. The SMILES string of the molecule is COc1cc(/C=N/NC(=O)c2ccn(Cc3cccc(Br)c3)n2)cc(Br)c1O. The number of carbonyl (C=O) groups excluding carboxylic acids is 1. The third-order valence-corrected chi connectivity index (χ3v) is 4.86. The van der Waals surface area contributed by atoms with Crippen molar-refractivity contribution in [3.8, 4) is 11.5 Å². The van der Waals surface area contributed by atoms with Gasteiger partial charge in [-0.15, -0.1) is 0 Å². The molecule has 0 unspecified atom stereocenters. The fraction of sp³-hybridized carbons (Fsp3) is 0.105. The van der Waals surface area contributed by atoms with Gasteiger partial charge in [0.15, 0.2) is 17.2 Å². The number of nitrogens with one attached hydrogen (secondary N) is 1. The van der Waals surface area contributed by atoms with Gasteiger partial charge in [-0.3, -0.25) is 9.48 Å². The first-order valence-electron chi connectivity index (χ1n) is 8.14. The van der Waals surface area contributed by atoms with Crippen LogP contribution in [0.5, 0.6) is 11.5 Å². The van der Waals surface area contributed by atoms with Crippen LogP contribution in [0.4, 0.5) is 0 Å². The van der Waals surface area contributed by atoms with E-state index in [1.165, 1.54) is 13.3 Å². The number of hydrazone groups is 1. The largest absolute Gasteiger partial charge is 0.503 e. The van der Waals surface area contributed by atoms with Crippen molar-refractivity contribution in [2.24, 2.45) is 5.10 Å². The van der Waals surface area contributed by atoms with E-state index in [4.69, 9.17) is 4.74 Å². The minimum Gasteiger partial charge on any atom is -0.503 e. The molecule has 3 aromatic rings. The van der Waals surface area contributed by atoms with E-state index in [-0.39, 0.29) is 11.4 Å². The summed E-state index contributed by atoms with van der Waals surface area (Å²) in [5.41, 5.74) is 4.40. The molecule has 0 aliphatic heterocycles. The van der Waals surface area contributed by atoms with Crippen molar-refractivity contribution in [2.45, 2.75) is 6.54 Å². The van der Waals surface area contributed by atoms with Crippen molar-refractivity contribution in [1.29, 1.82) is 0 Å².